The second-order valence-corrected chi connectivity index (χ2v) is 6.56. The number of anilines is 1. The number of nitrogens with zero attached hydrogens (tertiary/aromatic N) is 2. The van der Waals surface area contributed by atoms with Gasteiger partial charge >= 0.3 is 0 Å². The number of piperazine rings is 1. The van der Waals surface area contributed by atoms with E-state index in [0.717, 1.165) is 13.1 Å². The van der Waals surface area contributed by atoms with Crippen LogP contribution in [0.5, 0.6) is 0 Å². The lowest BCUT2D eigenvalue weighted by atomic mass is 10.1. The first-order valence-corrected chi connectivity index (χ1v) is 8.84. The molecule has 3 rings (SSSR count). The molecule has 0 spiro atoms. The zero-order chi connectivity index (χ0) is 14.8. The summed E-state index contributed by atoms with van der Waals surface area (Å²) >= 11 is 3.24. The van der Waals surface area contributed by atoms with E-state index in [9.17, 15) is 8.78 Å². The lowest BCUT2D eigenvalue weighted by Crippen LogP contribution is -2.50. The van der Waals surface area contributed by atoms with Crippen molar-refractivity contribution >= 4 is 21.6 Å². The minimum Gasteiger partial charge on any atom is -0.364 e. The molecule has 2 fully saturated rings. The van der Waals surface area contributed by atoms with Crippen LogP contribution < -0.4 is 4.90 Å². The van der Waals surface area contributed by atoms with E-state index in [1.165, 1.54) is 37.8 Å². The maximum absolute atomic E-state index is 14.2. The molecule has 2 nitrogen and oxygen atoms in total. The fourth-order valence-corrected chi connectivity index (χ4v) is 3.90. The standard InChI is InChI=1S/C16H21BrF2N2/c17-11-12-9-14(18)16(15(19)10-12)21-7-5-20(6-8-21)13-3-1-2-4-13/h9-10,13H,1-8,11H2. The molecule has 0 amide bonds. The highest BCUT2D eigenvalue weighted by molar-refractivity contribution is 9.08. The maximum atomic E-state index is 14.2. The van der Waals surface area contributed by atoms with Crippen LogP contribution in [0.25, 0.3) is 0 Å². The van der Waals surface area contributed by atoms with Crippen molar-refractivity contribution in [3.05, 3.63) is 29.3 Å². The van der Waals surface area contributed by atoms with Gasteiger partial charge < -0.3 is 4.90 Å². The molecule has 1 saturated carbocycles. The minimum absolute atomic E-state index is 0.144. The van der Waals surface area contributed by atoms with Gasteiger partial charge in [-0.05, 0) is 30.5 Å². The van der Waals surface area contributed by atoms with Gasteiger partial charge in [0.25, 0.3) is 0 Å². The summed E-state index contributed by atoms with van der Waals surface area (Å²) in [4.78, 5) is 4.35. The third kappa shape index (κ3) is 3.24. The Balaban J connectivity index is 1.69. The van der Waals surface area contributed by atoms with Gasteiger partial charge in [0.15, 0.2) is 0 Å². The number of hydrogen-bond acceptors (Lipinski definition) is 2. The smallest absolute Gasteiger partial charge is 0.149 e. The second kappa shape index (κ2) is 6.61. The van der Waals surface area contributed by atoms with Gasteiger partial charge in [0, 0.05) is 37.6 Å². The highest BCUT2D eigenvalue weighted by Gasteiger charge is 2.28. The highest BCUT2D eigenvalue weighted by atomic mass is 79.9. The number of alkyl halides is 1. The summed E-state index contributed by atoms with van der Waals surface area (Å²) in [6, 6.07) is 3.55. The fourth-order valence-electron chi connectivity index (χ4n) is 3.58. The van der Waals surface area contributed by atoms with Gasteiger partial charge in [0.05, 0.1) is 0 Å². The Kier molecular flexibility index (Phi) is 4.79. The Morgan fingerprint density at radius 3 is 2.10 bits per heavy atom. The predicted octanol–water partition coefficient (Wildman–Crippen LogP) is 3.92. The molecule has 1 aromatic rings. The maximum Gasteiger partial charge on any atom is 0.149 e. The monoisotopic (exact) mass is 358 g/mol. The van der Waals surface area contributed by atoms with Crippen LogP contribution in [-0.4, -0.2) is 37.1 Å². The molecular weight excluding hydrogens is 338 g/mol. The topological polar surface area (TPSA) is 6.48 Å². The van der Waals surface area contributed by atoms with Crippen molar-refractivity contribution in [2.45, 2.75) is 37.1 Å². The van der Waals surface area contributed by atoms with Crippen molar-refractivity contribution in [3.63, 3.8) is 0 Å². The van der Waals surface area contributed by atoms with Crippen LogP contribution in [-0.2, 0) is 5.33 Å². The van der Waals surface area contributed by atoms with Gasteiger partial charge in [-0.3, -0.25) is 4.90 Å². The average Bonchev–Trinajstić information content (AvgIpc) is 3.01. The van der Waals surface area contributed by atoms with E-state index >= 15 is 0 Å². The van der Waals surface area contributed by atoms with Crippen molar-refractivity contribution < 1.29 is 8.78 Å². The number of benzene rings is 1. The molecule has 1 aliphatic carbocycles. The lowest BCUT2D eigenvalue weighted by molar-refractivity contribution is 0.187. The second-order valence-electron chi connectivity index (χ2n) is 6.00. The molecule has 1 heterocycles. The SMILES string of the molecule is Fc1cc(CBr)cc(F)c1N1CCN(C2CCCC2)CC1. The number of rotatable bonds is 3. The summed E-state index contributed by atoms with van der Waals surface area (Å²) in [5.74, 6) is -0.891. The van der Waals surface area contributed by atoms with Crippen LogP contribution in [0.1, 0.15) is 31.2 Å². The van der Waals surface area contributed by atoms with Crippen LogP contribution >= 0.6 is 15.9 Å². The molecule has 0 bridgehead atoms. The highest BCUT2D eigenvalue weighted by Crippen LogP contribution is 2.29. The van der Waals surface area contributed by atoms with E-state index in [4.69, 9.17) is 0 Å². The third-order valence-corrected chi connectivity index (χ3v) is 5.35. The quantitative estimate of drug-likeness (QED) is 0.755. The van der Waals surface area contributed by atoms with Crippen LogP contribution in [0.15, 0.2) is 12.1 Å². The Labute approximate surface area is 133 Å². The Hall–Kier alpha value is -0.680. The van der Waals surface area contributed by atoms with Crippen molar-refractivity contribution in [2.75, 3.05) is 31.1 Å². The molecule has 0 radical (unpaired) electrons. The first-order valence-electron chi connectivity index (χ1n) is 7.72. The van der Waals surface area contributed by atoms with E-state index < -0.39 is 11.6 Å². The van der Waals surface area contributed by atoms with E-state index in [2.05, 4.69) is 20.8 Å². The Morgan fingerprint density at radius 1 is 1.00 bits per heavy atom. The Morgan fingerprint density at radius 2 is 1.57 bits per heavy atom. The molecule has 1 aliphatic heterocycles. The van der Waals surface area contributed by atoms with Crippen LogP contribution in [0, 0.1) is 11.6 Å². The van der Waals surface area contributed by atoms with E-state index in [0.29, 0.717) is 30.0 Å². The summed E-state index contributed by atoms with van der Waals surface area (Å²) < 4.78 is 28.3. The Bertz CT molecular complexity index is 472. The normalized spacial score (nSPS) is 21.2. The summed E-state index contributed by atoms with van der Waals surface area (Å²) in [5.41, 5.74) is 0.782. The summed E-state index contributed by atoms with van der Waals surface area (Å²) in [5, 5.41) is 0.469. The number of hydrogen-bond donors (Lipinski definition) is 0. The van der Waals surface area contributed by atoms with Crippen LogP contribution in [0.2, 0.25) is 0 Å². The molecule has 0 unspecified atom stereocenters. The van der Waals surface area contributed by atoms with Crippen molar-refractivity contribution in [1.82, 2.24) is 4.90 Å². The molecule has 0 atom stereocenters. The summed E-state index contributed by atoms with van der Waals surface area (Å²) in [6.07, 6.45) is 5.20. The lowest BCUT2D eigenvalue weighted by Gasteiger charge is -2.39. The predicted molar refractivity (Wildman–Crippen MR) is 85.0 cm³/mol. The van der Waals surface area contributed by atoms with Gasteiger partial charge in [-0.2, -0.15) is 0 Å². The van der Waals surface area contributed by atoms with E-state index in [1.54, 1.807) is 0 Å². The van der Waals surface area contributed by atoms with Gasteiger partial charge in [-0.25, -0.2) is 8.78 Å². The molecule has 2 aliphatic rings. The van der Waals surface area contributed by atoms with E-state index in [-0.39, 0.29) is 5.69 Å². The molecule has 116 valence electrons. The van der Waals surface area contributed by atoms with Crippen molar-refractivity contribution in [1.29, 1.82) is 0 Å². The third-order valence-electron chi connectivity index (χ3n) is 4.70. The molecule has 1 saturated heterocycles. The molecule has 0 N–H and O–H groups in total. The molecule has 0 aromatic heterocycles. The van der Waals surface area contributed by atoms with Gasteiger partial charge in [0.1, 0.15) is 17.3 Å². The van der Waals surface area contributed by atoms with Gasteiger partial charge in [-0.1, -0.05) is 28.8 Å². The molecule has 5 heteroatoms. The van der Waals surface area contributed by atoms with Crippen molar-refractivity contribution in [2.24, 2.45) is 0 Å². The summed E-state index contributed by atoms with van der Waals surface area (Å²) in [6.45, 7) is 3.23. The molecular formula is C16H21BrF2N2. The van der Waals surface area contributed by atoms with Crippen LogP contribution in [0.4, 0.5) is 14.5 Å². The first-order chi connectivity index (χ1) is 10.2. The first kappa shape index (κ1) is 15.2. The van der Waals surface area contributed by atoms with E-state index in [1.807, 2.05) is 4.90 Å². The zero-order valence-electron chi connectivity index (χ0n) is 12.1. The van der Waals surface area contributed by atoms with Gasteiger partial charge in [-0.15, -0.1) is 0 Å². The molecule has 1 aromatic carbocycles. The fraction of sp³-hybridized carbons (Fsp3) is 0.625. The molecule has 21 heavy (non-hydrogen) atoms. The largest absolute Gasteiger partial charge is 0.364 e. The van der Waals surface area contributed by atoms with Crippen molar-refractivity contribution in [3.8, 4) is 0 Å². The zero-order valence-corrected chi connectivity index (χ0v) is 13.7. The minimum atomic E-state index is -0.446. The number of halogens is 3. The van der Waals surface area contributed by atoms with Gasteiger partial charge in [0.2, 0.25) is 0 Å². The summed E-state index contributed by atoms with van der Waals surface area (Å²) in [7, 11) is 0. The van der Waals surface area contributed by atoms with Crippen LogP contribution in [0.3, 0.4) is 0 Å². The average molecular weight is 359 g/mol.